The van der Waals surface area contributed by atoms with Crippen molar-refractivity contribution >= 4 is 17.6 Å². The SMILES string of the molecule is CCN(CC)C1=NCC(c2ccc(Cl)cc2)O1. The zero-order valence-corrected chi connectivity index (χ0v) is 10.9. The number of aliphatic imine (C=N–C) groups is 1. The number of halogens is 1. The van der Waals surface area contributed by atoms with Gasteiger partial charge >= 0.3 is 0 Å². The van der Waals surface area contributed by atoms with Gasteiger partial charge in [0.25, 0.3) is 6.02 Å². The largest absolute Gasteiger partial charge is 0.455 e. The summed E-state index contributed by atoms with van der Waals surface area (Å²) in [5.74, 6) is 0. The van der Waals surface area contributed by atoms with Crippen molar-refractivity contribution in [2.75, 3.05) is 19.6 Å². The lowest BCUT2D eigenvalue weighted by atomic mass is 10.1. The van der Waals surface area contributed by atoms with Crippen molar-refractivity contribution in [3.63, 3.8) is 0 Å². The lowest BCUT2D eigenvalue weighted by Gasteiger charge is -2.21. The molecule has 0 saturated heterocycles. The standard InChI is InChI=1S/C13H17ClN2O/c1-3-16(4-2)13-15-9-12(17-13)10-5-7-11(14)8-6-10/h5-8,12H,3-4,9H2,1-2H3. The minimum atomic E-state index is 0.0304. The lowest BCUT2D eigenvalue weighted by Crippen LogP contribution is -2.30. The van der Waals surface area contributed by atoms with Crippen LogP contribution in [0.4, 0.5) is 0 Å². The van der Waals surface area contributed by atoms with E-state index in [-0.39, 0.29) is 6.10 Å². The molecule has 0 amide bonds. The van der Waals surface area contributed by atoms with E-state index in [1.807, 2.05) is 24.3 Å². The molecule has 1 aliphatic rings. The van der Waals surface area contributed by atoms with Gasteiger partial charge in [0.1, 0.15) is 6.10 Å². The van der Waals surface area contributed by atoms with E-state index in [0.29, 0.717) is 6.54 Å². The number of amidine groups is 1. The van der Waals surface area contributed by atoms with E-state index < -0.39 is 0 Å². The van der Waals surface area contributed by atoms with Crippen LogP contribution in [0.1, 0.15) is 25.5 Å². The van der Waals surface area contributed by atoms with Crippen molar-refractivity contribution < 1.29 is 4.74 Å². The second-order valence-corrected chi connectivity index (χ2v) is 4.39. The number of nitrogens with zero attached hydrogens (tertiary/aromatic N) is 2. The third kappa shape index (κ3) is 2.72. The maximum atomic E-state index is 5.86. The monoisotopic (exact) mass is 252 g/mol. The number of hydrogen-bond donors (Lipinski definition) is 0. The van der Waals surface area contributed by atoms with Crippen molar-refractivity contribution in [2.45, 2.75) is 20.0 Å². The molecule has 0 aromatic heterocycles. The Labute approximate surface area is 107 Å². The summed E-state index contributed by atoms with van der Waals surface area (Å²) < 4.78 is 5.86. The van der Waals surface area contributed by atoms with E-state index in [9.17, 15) is 0 Å². The van der Waals surface area contributed by atoms with Crippen LogP contribution in [0.15, 0.2) is 29.3 Å². The van der Waals surface area contributed by atoms with Gasteiger partial charge in [0.2, 0.25) is 0 Å². The van der Waals surface area contributed by atoms with Crippen LogP contribution in [0.2, 0.25) is 5.02 Å². The molecule has 0 spiro atoms. The molecule has 17 heavy (non-hydrogen) atoms. The Kier molecular flexibility index (Phi) is 3.89. The second-order valence-electron chi connectivity index (χ2n) is 3.95. The normalized spacial score (nSPS) is 18.8. The molecule has 1 heterocycles. The molecule has 4 heteroatoms. The summed E-state index contributed by atoms with van der Waals surface area (Å²) in [6.07, 6.45) is 0.0304. The maximum absolute atomic E-state index is 5.86. The summed E-state index contributed by atoms with van der Waals surface area (Å²) >= 11 is 5.86. The van der Waals surface area contributed by atoms with Crippen molar-refractivity contribution in [1.29, 1.82) is 0 Å². The first-order chi connectivity index (χ1) is 8.24. The van der Waals surface area contributed by atoms with Gasteiger partial charge in [0.05, 0.1) is 6.54 Å². The van der Waals surface area contributed by atoms with E-state index in [1.54, 1.807) is 0 Å². The zero-order valence-electron chi connectivity index (χ0n) is 10.2. The van der Waals surface area contributed by atoms with Crippen LogP contribution in [-0.4, -0.2) is 30.6 Å². The van der Waals surface area contributed by atoms with Gasteiger partial charge in [-0.1, -0.05) is 23.7 Å². The highest BCUT2D eigenvalue weighted by atomic mass is 35.5. The van der Waals surface area contributed by atoms with E-state index in [4.69, 9.17) is 16.3 Å². The Bertz CT molecular complexity index is 398. The fourth-order valence-corrected chi connectivity index (χ4v) is 2.01. The van der Waals surface area contributed by atoms with Gasteiger partial charge in [0.15, 0.2) is 0 Å². The summed E-state index contributed by atoms with van der Waals surface area (Å²) in [6.45, 7) is 6.73. The number of hydrogen-bond acceptors (Lipinski definition) is 3. The molecule has 3 nitrogen and oxygen atoms in total. The summed E-state index contributed by atoms with van der Waals surface area (Å²) in [7, 11) is 0. The van der Waals surface area contributed by atoms with Gasteiger partial charge in [-0.15, -0.1) is 0 Å². The van der Waals surface area contributed by atoms with Crippen molar-refractivity contribution in [2.24, 2.45) is 4.99 Å². The molecule has 0 bridgehead atoms. The molecular formula is C13H17ClN2O. The zero-order chi connectivity index (χ0) is 12.3. The number of rotatable bonds is 3. The van der Waals surface area contributed by atoms with Crippen LogP contribution >= 0.6 is 11.6 Å². The van der Waals surface area contributed by atoms with E-state index in [1.165, 1.54) is 0 Å². The molecule has 92 valence electrons. The van der Waals surface area contributed by atoms with Gasteiger partial charge in [-0.2, -0.15) is 0 Å². The first-order valence-electron chi connectivity index (χ1n) is 5.96. The minimum Gasteiger partial charge on any atom is -0.455 e. The molecule has 0 radical (unpaired) electrons. The average Bonchev–Trinajstić information content (AvgIpc) is 2.81. The van der Waals surface area contributed by atoms with Gasteiger partial charge in [-0.25, -0.2) is 4.99 Å². The summed E-state index contributed by atoms with van der Waals surface area (Å²) in [4.78, 5) is 6.57. The highest BCUT2D eigenvalue weighted by molar-refractivity contribution is 6.30. The van der Waals surface area contributed by atoms with Gasteiger partial charge in [0, 0.05) is 18.1 Å². The van der Waals surface area contributed by atoms with Crippen LogP contribution in [0.5, 0.6) is 0 Å². The third-order valence-electron chi connectivity index (χ3n) is 2.92. The topological polar surface area (TPSA) is 24.8 Å². The molecule has 0 saturated carbocycles. The van der Waals surface area contributed by atoms with Crippen LogP contribution in [-0.2, 0) is 4.74 Å². The smallest absolute Gasteiger partial charge is 0.288 e. The third-order valence-corrected chi connectivity index (χ3v) is 3.17. The highest BCUT2D eigenvalue weighted by Gasteiger charge is 2.24. The minimum absolute atomic E-state index is 0.0304. The summed E-state index contributed by atoms with van der Waals surface area (Å²) in [6, 6.07) is 8.52. The molecule has 0 N–H and O–H groups in total. The van der Waals surface area contributed by atoms with Crippen molar-refractivity contribution in [3.05, 3.63) is 34.9 Å². The van der Waals surface area contributed by atoms with Crippen LogP contribution in [0, 0.1) is 0 Å². The van der Waals surface area contributed by atoms with Gasteiger partial charge in [-0.3, -0.25) is 0 Å². The Hall–Kier alpha value is -1.22. The van der Waals surface area contributed by atoms with Crippen LogP contribution in [0.3, 0.4) is 0 Å². The Morgan fingerprint density at radius 1 is 1.29 bits per heavy atom. The average molecular weight is 253 g/mol. The van der Waals surface area contributed by atoms with E-state index >= 15 is 0 Å². The predicted octanol–water partition coefficient (Wildman–Crippen LogP) is 3.11. The first-order valence-corrected chi connectivity index (χ1v) is 6.34. The maximum Gasteiger partial charge on any atom is 0.288 e. The van der Waals surface area contributed by atoms with Crippen molar-refractivity contribution in [3.8, 4) is 0 Å². The molecule has 1 aromatic carbocycles. The first kappa shape index (κ1) is 12.2. The van der Waals surface area contributed by atoms with Crippen LogP contribution in [0.25, 0.3) is 0 Å². The summed E-state index contributed by atoms with van der Waals surface area (Å²) in [5.41, 5.74) is 1.13. The van der Waals surface area contributed by atoms with Gasteiger partial charge in [-0.05, 0) is 31.5 Å². The molecular weight excluding hydrogens is 236 g/mol. The second kappa shape index (κ2) is 5.41. The quantitative estimate of drug-likeness (QED) is 0.826. The lowest BCUT2D eigenvalue weighted by molar-refractivity contribution is 0.189. The van der Waals surface area contributed by atoms with E-state index in [2.05, 4.69) is 23.7 Å². The fraction of sp³-hybridized carbons (Fsp3) is 0.462. The Morgan fingerprint density at radius 3 is 2.53 bits per heavy atom. The summed E-state index contributed by atoms with van der Waals surface area (Å²) in [5, 5.41) is 0.747. The van der Waals surface area contributed by atoms with Crippen LogP contribution < -0.4 is 0 Å². The molecule has 1 aliphatic heterocycles. The van der Waals surface area contributed by atoms with Gasteiger partial charge < -0.3 is 9.64 Å². The molecule has 1 atom stereocenters. The fourth-order valence-electron chi connectivity index (χ4n) is 1.88. The molecule has 1 aromatic rings. The molecule has 1 unspecified atom stereocenters. The Balaban J connectivity index is 2.02. The molecule has 0 fully saturated rings. The highest BCUT2D eigenvalue weighted by Crippen LogP contribution is 2.25. The number of benzene rings is 1. The molecule has 2 rings (SSSR count). The van der Waals surface area contributed by atoms with E-state index in [0.717, 1.165) is 29.7 Å². The van der Waals surface area contributed by atoms with Crippen molar-refractivity contribution in [1.82, 2.24) is 4.90 Å². The molecule has 0 aliphatic carbocycles. The predicted molar refractivity (Wildman–Crippen MR) is 70.5 cm³/mol. The number of ether oxygens (including phenoxy) is 1. The Morgan fingerprint density at radius 2 is 1.94 bits per heavy atom.